The molecule has 1 amide bonds. The van der Waals surface area contributed by atoms with Crippen molar-refractivity contribution >= 4 is 12.1 Å². The third-order valence-electron chi connectivity index (χ3n) is 2.25. The van der Waals surface area contributed by atoms with E-state index >= 15 is 0 Å². The lowest BCUT2D eigenvalue weighted by atomic mass is 10.1. The molecule has 1 unspecified atom stereocenters. The first kappa shape index (κ1) is 10.3. The molecule has 6 heteroatoms. The average Bonchev–Trinajstić information content (AvgIpc) is 2.51. The fraction of sp³-hybridized carbons (Fsp3) is 0.200. The highest BCUT2D eigenvalue weighted by molar-refractivity contribution is 5.95. The number of rotatable bonds is 2. The van der Waals surface area contributed by atoms with Crippen molar-refractivity contribution in [3.63, 3.8) is 0 Å². The van der Waals surface area contributed by atoms with Gasteiger partial charge in [0.25, 0.3) is 0 Å². The van der Waals surface area contributed by atoms with E-state index in [0.29, 0.717) is 5.56 Å². The quantitative estimate of drug-likeness (QED) is 0.380. The van der Waals surface area contributed by atoms with Crippen molar-refractivity contribution in [1.29, 1.82) is 0 Å². The molecular weight excluding hydrogens is 214 g/mol. The molecule has 0 saturated carbocycles. The van der Waals surface area contributed by atoms with Gasteiger partial charge in [-0.1, -0.05) is 6.07 Å². The molecule has 1 aromatic rings. The molecule has 0 aliphatic carbocycles. The zero-order chi connectivity index (χ0) is 11.7. The summed E-state index contributed by atoms with van der Waals surface area (Å²) >= 11 is 0. The van der Waals surface area contributed by atoms with Crippen LogP contribution in [0.2, 0.25) is 0 Å². The number of alkyl carbamates (subject to hydrolysis) is 1. The van der Waals surface area contributed by atoms with E-state index in [1.807, 2.05) is 0 Å². The monoisotopic (exact) mass is 223 g/mol. The Morgan fingerprint density at radius 3 is 2.56 bits per heavy atom. The molecule has 1 heterocycles. The van der Waals surface area contributed by atoms with E-state index in [1.165, 1.54) is 12.1 Å². The normalized spacial score (nSPS) is 19.4. The van der Waals surface area contributed by atoms with Crippen LogP contribution in [0.3, 0.4) is 0 Å². The minimum atomic E-state index is -0.766. The number of hydrogen-bond acceptors (Lipinski definition) is 5. The maximum Gasteiger partial charge on any atom is 0.415 e. The SMILES string of the molecule is O=C1NC(Cc2ccc(O)c(O)c2)C(=O)O1. The highest BCUT2D eigenvalue weighted by Gasteiger charge is 2.32. The van der Waals surface area contributed by atoms with E-state index in [2.05, 4.69) is 10.1 Å². The molecule has 16 heavy (non-hydrogen) atoms. The van der Waals surface area contributed by atoms with E-state index in [9.17, 15) is 14.7 Å². The topological polar surface area (TPSA) is 95.9 Å². The van der Waals surface area contributed by atoms with Gasteiger partial charge in [-0.3, -0.25) is 0 Å². The first-order chi connectivity index (χ1) is 7.56. The predicted octanol–water partition coefficient (Wildman–Crippen LogP) is 0.275. The van der Waals surface area contributed by atoms with Gasteiger partial charge in [-0.25, -0.2) is 9.59 Å². The number of ether oxygens (including phenoxy) is 1. The number of carbonyl (C=O) groups excluding carboxylic acids is 2. The van der Waals surface area contributed by atoms with Gasteiger partial charge in [0.1, 0.15) is 6.04 Å². The van der Waals surface area contributed by atoms with E-state index in [4.69, 9.17) is 5.11 Å². The predicted molar refractivity (Wildman–Crippen MR) is 51.9 cm³/mol. The van der Waals surface area contributed by atoms with Crippen LogP contribution in [0.1, 0.15) is 5.56 Å². The maximum absolute atomic E-state index is 11.1. The van der Waals surface area contributed by atoms with Crippen molar-refractivity contribution < 1.29 is 24.5 Å². The van der Waals surface area contributed by atoms with Gasteiger partial charge in [0, 0.05) is 6.42 Å². The number of nitrogens with one attached hydrogen (secondary N) is 1. The van der Waals surface area contributed by atoms with Gasteiger partial charge >= 0.3 is 12.1 Å². The van der Waals surface area contributed by atoms with Crippen LogP contribution < -0.4 is 5.32 Å². The molecular formula is C10H9NO5. The van der Waals surface area contributed by atoms with E-state index < -0.39 is 18.1 Å². The molecule has 84 valence electrons. The van der Waals surface area contributed by atoms with Crippen LogP contribution in [0.4, 0.5) is 4.79 Å². The summed E-state index contributed by atoms with van der Waals surface area (Å²) in [6.45, 7) is 0. The van der Waals surface area contributed by atoms with E-state index in [0.717, 1.165) is 0 Å². The molecule has 1 atom stereocenters. The second-order valence-corrected chi connectivity index (χ2v) is 3.43. The zero-order valence-corrected chi connectivity index (χ0v) is 8.14. The summed E-state index contributed by atoms with van der Waals surface area (Å²) in [5.41, 5.74) is 0.611. The van der Waals surface area contributed by atoms with E-state index in [1.54, 1.807) is 6.07 Å². The fourth-order valence-corrected chi connectivity index (χ4v) is 1.46. The van der Waals surface area contributed by atoms with Gasteiger partial charge in [-0.15, -0.1) is 0 Å². The third-order valence-corrected chi connectivity index (χ3v) is 2.25. The number of phenols is 2. The molecule has 1 saturated heterocycles. The van der Waals surface area contributed by atoms with Gasteiger partial charge in [-0.05, 0) is 17.7 Å². The molecule has 3 N–H and O–H groups in total. The summed E-state index contributed by atoms with van der Waals surface area (Å²) in [4.78, 5) is 21.9. The smallest absolute Gasteiger partial charge is 0.415 e. The fourth-order valence-electron chi connectivity index (χ4n) is 1.46. The molecule has 0 aromatic heterocycles. The van der Waals surface area contributed by atoms with Gasteiger partial charge in [0.15, 0.2) is 11.5 Å². The summed E-state index contributed by atoms with van der Waals surface area (Å²) in [5, 5.41) is 20.7. The van der Waals surface area contributed by atoms with Gasteiger partial charge in [0.05, 0.1) is 0 Å². The average molecular weight is 223 g/mol. The Kier molecular flexibility index (Phi) is 2.40. The minimum Gasteiger partial charge on any atom is -0.504 e. The third kappa shape index (κ3) is 1.90. The standard InChI is InChI=1S/C10H9NO5/c12-7-2-1-5(4-8(7)13)3-6-9(14)16-10(15)11-6/h1-2,4,6,12-13H,3H2,(H,11,15). The molecule has 0 radical (unpaired) electrons. The molecule has 1 aliphatic rings. The van der Waals surface area contributed by atoms with Crippen LogP contribution in [0.5, 0.6) is 11.5 Å². The Balaban J connectivity index is 2.12. The highest BCUT2D eigenvalue weighted by Crippen LogP contribution is 2.25. The van der Waals surface area contributed by atoms with Gasteiger partial charge in [0.2, 0.25) is 0 Å². The Hall–Kier alpha value is -2.24. The van der Waals surface area contributed by atoms with Crippen LogP contribution in [0.15, 0.2) is 18.2 Å². The van der Waals surface area contributed by atoms with Crippen molar-refractivity contribution in [2.45, 2.75) is 12.5 Å². The number of carbonyl (C=O) groups is 2. The molecule has 1 aromatic carbocycles. The second-order valence-electron chi connectivity index (χ2n) is 3.43. The van der Waals surface area contributed by atoms with Crippen LogP contribution in [0.25, 0.3) is 0 Å². The second kappa shape index (κ2) is 3.73. The number of esters is 1. The first-order valence-corrected chi connectivity index (χ1v) is 4.59. The summed E-state index contributed by atoms with van der Waals surface area (Å²) < 4.78 is 4.30. The minimum absolute atomic E-state index is 0.207. The zero-order valence-electron chi connectivity index (χ0n) is 8.14. The van der Waals surface area contributed by atoms with Crippen LogP contribution in [-0.4, -0.2) is 28.3 Å². The number of phenolic OH excluding ortho intramolecular Hbond substituents is 2. The lowest BCUT2D eigenvalue weighted by Crippen LogP contribution is -2.30. The summed E-state index contributed by atoms with van der Waals surface area (Å²) in [6, 6.07) is 3.45. The van der Waals surface area contributed by atoms with Crippen molar-refractivity contribution in [2.24, 2.45) is 0 Å². The van der Waals surface area contributed by atoms with Gasteiger partial charge in [-0.2, -0.15) is 0 Å². The van der Waals surface area contributed by atoms with Crippen LogP contribution >= 0.6 is 0 Å². The Labute approximate surface area is 90.5 Å². The number of cyclic esters (lactones) is 2. The number of benzene rings is 1. The Morgan fingerprint density at radius 1 is 1.25 bits per heavy atom. The maximum atomic E-state index is 11.1. The highest BCUT2D eigenvalue weighted by atomic mass is 16.6. The number of aromatic hydroxyl groups is 2. The summed E-state index contributed by atoms with van der Waals surface area (Å²) in [6.07, 6.45) is -0.559. The summed E-state index contributed by atoms with van der Waals surface area (Å²) in [7, 11) is 0. The Bertz CT molecular complexity index is 457. The van der Waals surface area contributed by atoms with Crippen LogP contribution in [0, 0.1) is 0 Å². The van der Waals surface area contributed by atoms with Crippen molar-refractivity contribution in [2.75, 3.05) is 0 Å². The molecule has 1 aliphatic heterocycles. The molecule has 1 fully saturated rings. The lowest BCUT2D eigenvalue weighted by Gasteiger charge is -2.06. The van der Waals surface area contributed by atoms with Crippen molar-refractivity contribution in [3.8, 4) is 11.5 Å². The van der Waals surface area contributed by atoms with Crippen LogP contribution in [-0.2, 0) is 16.0 Å². The van der Waals surface area contributed by atoms with Crippen molar-refractivity contribution in [1.82, 2.24) is 5.32 Å². The molecule has 0 spiro atoms. The van der Waals surface area contributed by atoms with Gasteiger partial charge < -0.3 is 20.3 Å². The molecule has 2 rings (SSSR count). The van der Waals surface area contributed by atoms with Crippen molar-refractivity contribution in [3.05, 3.63) is 23.8 Å². The summed E-state index contributed by atoms with van der Waals surface area (Å²) in [5.74, 6) is -1.14. The lowest BCUT2D eigenvalue weighted by molar-refractivity contribution is -0.135. The molecule has 6 nitrogen and oxygen atoms in total. The first-order valence-electron chi connectivity index (χ1n) is 4.59. The largest absolute Gasteiger partial charge is 0.504 e. The molecule has 0 bridgehead atoms. The number of amides is 1. The van der Waals surface area contributed by atoms with E-state index in [-0.39, 0.29) is 17.9 Å². The Morgan fingerprint density at radius 2 is 2.00 bits per heavy atom. The number of hydrogen-bond donors (Lipinski definition) is 3.